The molecule has 0 saturated carbocycles. The zero-order valence-corrected chi connectivity index (χ0v) is 22.0. The molecule has 6 heteroatoms. The van der Waals surface area contributed by atoms with Crippen molar-refractivity contribution < 1.29 is 0 Å². The normalized spacial score (nSPS) is 17.6. The van der Waals surface area contributed by atoms with Gasteiger partial charge in [0.25, 0.3) is 0 Å². The molecule has 0 aromatic heterocycles. The maximum Gasteiger partial charge on any atom is 0.101 e. The van der Waals surface area contributed by atoms with Crippen molar-refractivity contribution in [3.05, 3.63) is 81.4 Å². The van der Waals surface area contributed by atoms with Gasteiger partial charge in [0.1, 0.15) is 12.1 Å². The highest BCUT2D eigenvalue weighted by Gasteiger charge is 2.23. The summed E-state index contributed by atoms with van der Waals surface area (Å²) in [6, 6.07) is 16.0. The van der Waals surface area contributed by atoms with Crippen molar-refractivity contribution in [2.75, 3.05) is 39.3 Å². The van der Waals surface area contributed by atoms with E-state index in [2.05, 4.69) is 41.5 Å². The molecule has 0 unspecified atom stereocenters. The van der Waals surface area contributed by atoms with Gasteiger partial charge in [-0.1, -0.05) is 60.5 Å². The van der Waals surface area contributed by atoms with Crippen LogP contribution in [0.25, 0.3) is 0 Å². The van der Waals surface area contributed by atoms with Gasteiger partial charge in [0.15, 0.2) is 0 Å². The van der Waals surface area contributed by atoms with Crippen LogP contribution in [0, 0.1) is 22.7 Å². The third kappa shape index (κ3) is 7.09. The number of hydrogen-bond donors (Lipinski definition) is 0. The third-order valence-electron chi connectivity index (χ3n) is 7.20. The van der Waals surface area contributed by atoms with E-state index >= 15 is 0 Å². The van der Waals surface area contributed by atoms with Crippen molar-refractivity contribution in [3.63, 3.8) is 0 Å². The Hall–Kier alpha value is -2.34. The molecule has 2 aromatic rings. The highest BCUT2D eigenvalue weighted by Crippen LogP contribution is 2.34. The predicted molar refractivity (Wildman–Crippen MR) is 145 cm³/mol. The molecular weight excluding hydrogens is 475 g/mol. The molecule has 0 bridgehead atoms. The first-order valence-electron chi connectivity index (χ1n) is 12.4. The maximum absolute atomic E-state index is 9.21. The Balaban J connectivity index is 0.000000196. The summed E-state index contributed by atoms with van der Waals surface area (Å²) in [5.41, 5.74) is 3.57. The molecule has 0 radical (unpaired) electrons. The van der Waals surface area contributed by atoms with E-state index in [0.717, 1.165) is 76.1 Å². The lowest BCUT2D eigenvalue weighted by atomic mass is 9.87. The van der Waals surface area contributed by atoms with Crippen LogP contribution >= 0.6 is 23.2 Å². The van der Waals surface area contributed by atoms with Crippen LogP contribution in [0.15, 0.2) is 49.1 Å². The summed E-state index contributed by atoms with van der Waals surface area (Å²) in [6.45, 7) is 12.4. The van der Waals surface area contributed by atoms with Crippen molar-refractivity contribution in [3.8, 4) is 12.1 Å². The highest BCUT2D eigenvalue weighted by atomic mass is 35.5. The summed E-state index contributed by atoms with van der Waals surface area (Å²) in [6.07, 6.45) is 6.37. The van der Waals surface area contributed by atoms with E-state index < -0.39 is 0 Å². The minimum Gasteiger partial charge on any atom is -0.304 e. The molecule has 0 N–H and O–H groups in total. The molecule has 2 aliphatic heterocycles. The maximum atomic E-state index is 9.21. The second kappa shape index (κ2) is 13.7. The number of hydrogen-bond acceptors (Lipinski definition) is 4. The number of benzene rings is 2. The Morgan fingerprint density at radius 1 is 0.829 bits per heavy atom. The Labute approximate surface area is 220 Å². The van der Waals surface area contributed by atoms with Gasteiger partial charge in [0, 0.05) is 6.54 Å². The van der Waals surface area contributed by atoms with Gasteiger partial charge < -0.3 is 4.90 Å². The first kappa shape index (κ1) is 27.3. The fourth-order valence-electron chi connectivity index (χ4n) is 5.17. The molecule has 0 atom stereocenters. The summed E-state index contributed by atoms with van der Waals surface area (Å²) in [4.78, 5) is 4.84. The minimum atomic E-state index is 0.458. The lowest BCUT2D eigenvalue weighted by Gasteiger charge is -2.31. The number of nitrogens with zero attached hydrogens (tertiary/aromatic N) is 4. The number of halogens is 2. The number of likely N-dealkylation sites (tertiary alicyclic amines) is 2. The van der Waals surface area contributed by atoms with Gasteiger partial charge in [0.05, 0.1) is 21.2 Å². The molecule has 0 aliphatic carbocycles. The standard InChI is InChI=1S/C15H17ClN2.C14H17ClN2/c1-2-8-18-9-6-12(7-10-18)13-4-3-5-15(16)14(13)11-17;1-2-17-8-6-11(7-9-17)12-4-3-5-14(15)13(12)10-16/h2-5,12H,1,6-10H2;3-5,11H,2,6-9H2,1H3. The molecule has 184 valence electrons. The second-order valence-corrected chi connectivity index (χ2v) is 10.0. The molecule has 4 rings (SSSR count). The molecule has 0 amide bonds. The van der Waals surface area contributed by atoms with E-state index in [0.29, 0.717) is 33.0 Å². The highest BCUT2D eigenvalue weighted by molar-refractivity contribution is 6.32. The monoisotopic (exact) mass is 508 g/mol. The minimum absolute atomic E-state index is 0.458. The number of piperidine rings is 2. The van der Waals surface area contributed by atoms with E-state index in [1.807, 2.05) is 24.3 Å². The van der Waals surface area contributed by atoms with Crippen LogP contribution in [0.1, 0.15) is 66.7 Å². The molecule has 35 heavy (non-hydrogen) atoms. The molecule has 2 heterocycles. The third-order valence-corrected chi connectivity index (χ3v) is 7.83. The predicted octanol–water partition coefficient (Wildman–Crippen LogP) is 6.99. The number of nitriles is 2. The van der Waals surface area contributed by atoms with Crippen LogP contribution < -0.4 is 0 Å². The van der Waals surface area contributed by atoms with Gasteiger partial charge in [-0.15, -0.1) is 6.58 Å². The van der Waals surface area contributed by atoms with Crippen LogP contribution in [0.4, 0.5) is 0 Å². The van der Waals surface area contributed by atoms with E-state index in [9.17, 15) is 10.5 Å². The van der Waals surface area contributed by atoms with Crippen molar-refractivity contribution in [1.29, 1.82) is 10.5 Å². The van der Waals surface area contributed by atoms with E-state index in [1.54, 1.807) is 12.1 Å². The fourth-order valence-corrected chi connectivity index (χ4v) is 5.62. The topological polar surface area (TPSA) is 54.1 Å². The Kier molecular flexibility index (Phi) is 10.6. The second-order valence-electron chi connectivity index (χ2n) is 9.20. The van der Waals surface area contributed by atoms with Crippen LogP contribution in [0.5, 0.6) is 0 Å². The Morgan fingerprint density at radius 2 is 1.26 bits per heavy atom. The Bertz CT molecular complexity index is 1070. The quantitative estimate of drug-likeness (QED) is 0.408. The summed E-state index contributed by atoms with van der Waals surface area (Å²) in [7, 11) is 0. The summed E-state index contributed by atoms with van der Waals surface area (Å²) in [5, 5.41) is 19.5. The van der Waals surface area contributed by atoms with E-state index in [1.165, 1.54) is 0 Å². The first-order chi connectivity index (χ1) is 17.0. The molecule has 2 aliphatic rings. The van der Waals surface area contributed by atoms with Gasteiger partial charge in [-0.25, -0.2) is 0 Å². The van der Waals surface area contributed by atoms with Crippen LogP contribution in [-0.2, 0) is 0 Å². The summed E-state index contributed by atoms with van der Waals surface area (Å²) < 4.78 is 0. The van der Waals surface area contributed by atoms with E-state index in [-0.39, 0.29) is 0 Å². The van der Waals surface area contributed by atoms with Crippen LogP contribution in [0.2, 0.25) is 10.0 Å². The van der Waals surface area contributed by atoms with Crippen molar-refractivity contribution in [2.45, 2.75) is 44.4 Å². The first-order valence-corrected chi connectivity index (χ1v) is 13.2. The average Bonchev–Trinajstić information content (AvgIpc) is 2.89. The molecule has 4 nitrogen and oxygen atoms in total. The van der Waals surface area contributed by atoms with Gasteiger partial charge in [-0.2, -0.15) is 10.5 Å². The van der Waals surface area contributed by atoms with Crippen LogP contribution in [-0.4, -0.2) is 49.1 Å². The van der Waals surface area contributed by atoms with Gasteiger partial charge >= 0.3 is 0 Å². The van der Waals surface area contributed by atoms with Crippen LogP contribution in [0.3, 0.4) is 0 Å². The Morgan fingerprint density at radius 3 is 1.63 bits per heavy atom. The average molecular weight is 510 g/mol. The van der Waals surface area contributed by atoms with E-state index in [4.69, 9.17) is 23.2 Å². The lowest BCUT2D eigenvalue weighted by Crippen LogP contribution is -2.33. The van der Waals surface area contributed by atoms with Gasteiger partial charge in [-0.3, -0.25) is 4.90 Å². The lowest BCUT2D eigenvalue weighted by molar-refractivity contribution is 0.222. The largest absolute Gasteiger partial charge is 0.304 e. The molecule has 2 saturated heterocycles. The molecular formula is C29H34Cl2N4. The van der Waals surface area contributed by atoms with Crippen molar-refractivity contribution in [1.82, 2.24) is 9.80 Å². The molecule has 2 aromatic carbocycles. The van der Waals surface area contributed by atoms with Gasteiger partial charge in [0.2, 0.25) is 0 Å². The van der Waals surface area contributed by atoms with Gasteiger partial charge in [-0.05, 0) is 93.5 Å². The van der Waals surface area contributed by atoms with Crippen molar-refractivity contribution in [2.24, 2.45) is 0 Å². The zero-order valence-electron chi connectivity index (χ0n) is 20.5. The smallest absolute Gasteiger partial charge is 0.101 e. The zero-order chi connectivity index (χ0) is 25.2. The fraction of sp³-hybridized carbons (Fsp3) is 0.448. The van der Waals surface area contributed by atoms with Crippen molar-refractivity contribution >= 4 is 23.2 Å². The number of rotatable bonds is 5. The summed E-state index contributed by atoms with van der Waals surface area (Å²) in [5.74, 6) is 0.950. The summed E-state index contributed by atoms with van der Waals surface area (Å²) >= 11 is 12.2. The molecule has 0 spiro atoms. The molecule has 2 fully saturated rings. The SMILES string of the molecule is C=CCN1CCC(c2cccc(Cl)c2C#N)CC1.CCN1CCC(c2cccc(Cl)c2C#N)CC1.